The zero-order valence-electron chi connectivity index (χ0n) is 10.5. The van der Waals surface area contributed by atoms with Crippen LogP contribution in [0.4, 0.5) is 4.79 Å². The molecular weight excluding hydrogens is 230 g/mol. The maximum atomic E-state index is 11.8. The van der Waals surface area contributed by atoms with Crippen molar-refractivity contribution in [3.05, 3.63) is 35.9 Å². The third kappa shape index (κ3) is 3.09. The van der Waals surface area contributed by atoms with Gasteiger partial charge in [0, 0.05) is 13.0 Å². The van der Waals surface area contributed by atoms with Gasteiger partial charge in [-0.05, 0) is 17.9 Å². The first-order chi connectivity index (χ1) is 8.66. The van der Waals surface area contributed by atoms with Gasteiger partial charge in [-0.1, -0.05) is 37.3 Å². The second kappa shape index (κ2) is 5.67. The minimum atomic E-state index is -0.532. The highest BCUT2D eigenvalue weighted by atomic mass is 16.6. The summed E-state index contributed by atoms with van der Waals surface area (Å²) in [6.07, 6.45) is 0.749. The molecule has 1 atom stereocenters. The maximum Gasteiger partial charge on any atom is 0.416 e. The molecule has 96 valence electrons. The van der Waals surface area contributed by atoms with E-state index in [1.54, 1.807) is 0 Å². The lowest BCUT2D eigenvalue weighted by molar-refractivity contribution is -0.132. The van der Waals surface area contributed by atoms with Crippen molar-refractivity contribution in [3.63, 3.8) is 0 Å². The number of piperidine rings is 1. The van der Waals surface area contributed by atoms with Crippen LogP contribution in [0, 0.1) is 5.92 Å². The number of nitrogens with zero attached hydrogens (tertiary/aromatic N) is 1. The SMILES string of the molecule is C[C@@H]1CCC(=O)N(C(=O)OCc2ccccc2)C1. The van der Waals surface area contributed by atoms with E-state index in [1.165, 1.54) is 4.90 Å². The third-order valence-corrected chi connectivity index (χ3v) is 3.07. The topological polar surface area (TPSA) is 46.6 Å². The molecule has 0 bridgehead atoms. The lowest BCUT2D eigenvalue weighted by Crippen LogP contribution is -2.43. The van der Waals surface area contributed by atoms with Crippen LogP contribution in [0.15, 0.2) is 30.3 Å². The van der Waals surface area contributed by atoms with Crippen molar-refractivity contribution >= 4 is 12.0 Å². The summed E-state index contributed by atoms with van der Waals surface area (Å²) in [6, 6.07) is 9.44. The molecule has 1 saturated heterocycles. The standard InChI is InChI=1S/C14H17NO3/c1-11-7-8-13(16)15(9-11)14(17)18-10-12-5-3-2-4-6-12/h2-6,11H,7-10H2,1H3/t11-/m1/s1. The molecule has 4 nitrogen and oxygen atoms in total. The highest BCUT2D eigenvalue weighted by Crippen LogP contribution is 2.17. The molecule has 4 heteroatoms. The van der Waals surface area contributed by atoms with Crippen molar-refractivity contribution < 1.29 is 14.3 Å². The molecule has 18 heavy (non-hydrogen) atoms. The number of carbonyl (C=O) groups is 2. The van der Waals surface area contributed by atoms with E-state index in [2.05, 4.69) is 0 Å². The van der Waals surface area contributed by atoms with E-state index >= 15 is 0 Å². The first-order valence-corrected chi connectivity index (χ1v) is 6.18. The first-order valence-electron chi connectivity index (χ1n) is 6.18. The molecule has 0 unspecified atom stereocenters. The summed E-state index contributed by atoms with van der Waals surface area (Å²) in [5.41, 5.74) is 0.920. The van der Waals surface area contributed by atoms with Crippen LogP contribution in [0.2, 0.25) is 0 Å². The Morgan fingerprint density at radius 2 is 2.11 bits per heavy atom. The van der Waals surface area contributed by atoms with Crippen LogP contribution in [0.25, 0.3) is 0 Å². The fourth-order valence-corrected chi connectivity index (χ4v) is 1.98. The van der Waals surface area contributed by atoms with Crippen LogP contribution < -0.4 is 0 Å². The smallest absolute Gasteiger partial charge is 0.416 e. The van der Waals surface area contributed by atoms with Crippen LogP contribution in [0.5, 0.6) is 0 Å². The maximum absolute atomic E-state index is 11.8. The van der Waals surface area contributed by atoms with Gasteiger partial charge in [0.15, 0.2) is 0 Å². The van der Waals surface area contributed by atoms with E-state index in [1.807, 2.05) is 37.3 Å². The van der Waals surface area contributed by atoms with E-state index in [4.69, 9.17) is 4.74 Å². The van der Waals surface area contributed by atoms with Crippen molar-refractivity contribution in [1.29, 1.82) is 0 Å². The van der Waals surface area contributed by atoms with Gasteiger partial charge in [-0.25, -0.2) is 9.69 Å². The van der Waals surface area contributed by atoms with E-state index in [9.17, 15) is 9.59 Å². The Labute approximate surface area is 107 Å². The quantitative estimate of drug-likeness (QED) is 0.807. The van der Waals surface area contributed by atoms with Gasteiger partial charge in [-0.15, -0.1) is 0 Å². The molecule has 0 radical (unpaired) electrons. The number of carbonyl (C=O) groups excluding carboxylic acids is 2. The molecule has 1 aromatic rings. The second-order valence-electron chi connectivity index (χ2n) is 4.69. The molecular formula is C14H17NO3. The number of rotatable bonds is 2. The van der Waals surface area contributed by atoms with Gasteiger partial charge in [-0.2, -0.15) is 0 Å². The number of likely N-dealkylation sites (tertiary alicyclic amines) is 1. The molecule has 1 heterocycles. The van der Waals surface area contributed by atoms with E-state index < -0.39 is 6.09 Å². The zero-order chi connectivity index (χ0) is 13.0. The van der Waals surface area contributed by atoms with Gasteiger partial charge in [0.1, 0.15) is 6.61 Å². The Balaban J connectivity index is 1.89. The molecule has 0 aromatic heterocycles. The summed E-state index contributed by atoms with van der Waals surface area (Å²) in [7, 11) is 0. The second-order valence-corrected chi connectivity index (χ2v) is 4.69. The zero-order valence-corrected chi connectivity index (χ0v) is 10.5. The summed E-state index contributed by atoms with van der Waals surface area (Å²) in [6.45, 7) is 2.70. The molecule has 0 N–H and O–H groups in total. The van der Waals surface area contributed by atoms with Crippen LogP contribution >= 0.6 is 0 Å². The Morgan fingerprint density at radius 1 is 1.39 bits per heavy atom. The molecule has 0 aliphatic carbocycles. The van der Waals surface area contributed by atoms with Crippen LogP contribution in [-0.2, 0) is 16.1 Å². The predicted molar refractivity (Wildman–Crippen MR) is 66.7 cm³/mol. The van der Waals surface area contributed by atoms with Crippen LogP contribution in [0.3, 0.4) is 0 Å². The lowest BCUT2D eigenvalue weighted by Gasteiger charge is -2.28. The number of hydrogen-bond acceptors (Lipinski definition) is 3. The van der Waals surface area contributed by atoms with Crippen LogP contribution in [0.1, 0.15) is 25.3 Å². The fourth-order valence-electron chi connectivity index (χ4n) is 1.98. The van der Waals surface area contributed by atoms with E-state index in [0.29, 0.717) is 18.9 Å². The normalized spacial score (nSPS) is 19.7. The minimum Gasteiger partial charge on any atom is -0.444 e. The Hall–Kier alpha value is -1.84. The molecule has 1 aromatic carbocycles. The largest absolute Gasteiger partial charge is 0.444 e. The summed E-state index contributed by atoms with van der Waals surface area (Å²) < 4.78 is 5.15. The lowest BCUT2D eigenvalue weighted by atomic mass is 10.0. The van der Waals surface area contributed by atoms with Crippen molar-refractivity contribution in [1.82, 2.24) is 4.90 Å². The summed E-state index contributed by atoms with van der Waals surface area (Å²) in [4.78, 5) is 24.6. The summed E-state index contributed by atoms with van der Waals surface area (Å²) in [5, 5.41) is 0. The molecule has 0 saturated carbocycles. The Kier molecular flexibility index (Phi) is 3.97. The van der Waals surface area contributed by atoms with Gasteiger partial charge < -0.3 is 4.74 Å². The molecule has 2 amide bonds. The Bertz CT molecular complexity index is 430. The molecule has 0 spiro atoms. The van der Waals surface area contributed by atoms with Crippen molar-refractivity contribution in [2.75, 3.05) is 6.54 Å². The number of amides is 2. The summed E-state index contributed by atoms with van der Waals surface area (Å²) >= 11 is 0. The number of ether oxygens (including phenoxy) is 1. The molecule has 2 rings (SSSR count). The number of benzene rings is 1. The van der Waals surface area contributed by atoms with E-state index in [-0.39, 0.29) is 12.5 Å². The fraction of sp³-hybridized carbons (Fsp3) is 0.429. The monoisotopic (exact) mass is 247 g/mol. The average molecular weight is 247 g/mol. The average Bonchev–Trinajstić information content (AvgIpc) is 2.40. The van der Waals surface area contributed by atoms with Crippen molar-refractivity contribution in [3.8, 4) is 0 Å². The third-order valence-electron chi connectivity index (χ3n) is 3.07. The molecule has 1 aliphatic rings. The van der Waals surface area contributed by atoms with Gasteiger partial charge >= 0.3 is 6.09 Å². The summed E-state index contributed by atoms with van der Waals surface area (Å²) in [5.74, 6) is 0.220. The highest BCUT2D eigenvalue weighted by molar-refractivity contribution is 5.92. The van der Waals surface area contributed by atoms with Gasteiger partial charge in [0.25, 0.3) is 0 Å². The van der Waals surface area contributed by atoms with Gasteiger partial charge in [0.05, 0.1) is 0 Å². The molecule has 1 fully saturated rings. The first kappa shape index (κ1) is 12.6. The number of hydrogen-bond donors (Lipinski definition) is 0. The van der Waals surface area contributed by atoms with Crippen LogP contribution in [-0.4, -0.2) is 23.4 Å². The Morgan fingerprint density at radius 3 is 2.83 bits per heavy atom. The molecule has 1 aliphatic heterocycles. The van der Waals surface area contributed by atoms with E-state index in [0.717, 1.165) is 12.0 Å². The van der Waals surface area contributed by atoms with Gasteiger partial charge in [-0.3, -0.25) is 4.79 Å². The van der Waals surface area contributed by atoms with Crippen molar-refractivity contribution in [2.24, 2.45) is 5.92 Å². The minimum absolute atomic E-state index is 0.133. The number of imide groups is 1. The van der Waals surface area contributed by atoms with Gasteiger partial charge in [0.2, 0.25) is 5.91 Å². The highest BCUT2D eigenvalue weighted by Gasteiger charge is 2.29. The van der Waals surface area contributed by atoms with Crippen molar-refractivity contribution in [2.45, 2.75) is 26.4 Å². The predicted octanol–water partition coefficient (Wildman–Crippen LogP) is 2.58.